The second-order valence-corrected chi connectivity index (χ2v) is 9.97. The van der Waals surface area contributed by atoms with Gasteiger partial charge in [-0.05, 0) is 62.7 Å². The van der Waals surface area contributed by atoms with E-state index in [0.29, 0.717) is 17.6 Å². The Kier molecular flexibility index (Phi) is 13.3. The molecule has 0 saturated carbocycles. The lowest BCUT2D eigenvalue weighted by Gasteiger charge is -2.22. The van der Waals surface area contributed by atoms with Gasteiger partial charge in [-0.1, -0.05) is 31.7 Å². The monoisotopic (exact) mass is 633 g/mol. The zero-order valence-corrected chi connectivity index (χ0v) is 25.4. The summed E-state index contributed by atoms with van der Waals surface area (Å²) in [5.74, 6) is -0.867. The van der Waals surface area contributed by atoms with Crippen LogP contribution in [0.2, 0.25) is 0 Å². The number of benzene rings is 2. The fraction of sp³-hybridized carbons (Fsp3) is 0.265. The molecule has 1 aliphatic rings. The normalized spacial score (nSPS) is 12.6. The number of halogens is 3. The van der Waals surface area contributed by atoms with Crippen molar-refractivity contribution in [3.05, 3.63) is 120 Å². The Hall–Kier alpha value is -4.54. The predicted molar refractivity (Wildman–Crippen MR) is 177 cm³/mol. The molecule has 0 bridgehead atoms. The fourth-order valence-corrected chi connectivity index (χ4v) is 4.78. The molecular formula is C34H38ClF2N7O. The van der Waals surface area contributed by atoms with E-state index in [0.717, 1.165) is 54.3 Å². The summed E-state index contributed by atoms with van der Waals surface area (Å²) in [4.78, 5) is 21.6. The van der Waals surface area contributed by atoms with Gasteiger partial charge in [-0.2, -0.15) is 10.2 Å². The number of rotatable bonds is 6. The van der Waals surface area contributed by atoms with Crippen molar-refractivity contribution in [3.8, 4) is 33.8 Å². The highest BCUT2D eigenvalue weighted by molar-refractivity contribution is 6.15. The van der Waals surface area contributed by atoms with Crippen LogP contribution in [0.5, 0.6) is 0 Å². The van der Waals surface area contributed by atoms with E-state index in [-0.39, 0.29) is 25.1 Å². The minimum Gasteiger partial charge on any atom is -0.317 e. The molecule has 0 spiro atoms. The van der Waals surface area contributed by atoms with Gasteiger partial charge in [0, 0.05) is 59.4 Å². The van der Waals surface area contributed by atoms with E-state index in [9.17, 15) is 13.6 Å². The topological polar surface area (TPSA) is 90.5 Å². The minimum atomic E-state index is -0.709. The summed E-state index contributed by atoms with van der Waals surface area (Å²) in [5.41, 5.74) is 3.68. The van der Waals surface area contributed by atoms with Crippen molar-refractivity contribution < 1.29 is 8.78 Å². The zero-order chi connectivity index (χ0) is 31.5. The van der Waals surface area contributed by atoms with Crippen LogP contribution in [0.25, 0.3) is 33.8 Å². The molecule has 11 heteroatoms. The van der Waals surface area contributed by atoms with Gasteiger partial charge in [0.25, 0.3) is 5.56 Å². The summed E-state index contributed by atoms with van der Waals surface area (Å²) in [6, 6.07) is 13.9. The molecule has 0 atom stereocenters. The van der Waals surface area contributed by atoms with Crippen LogP contribution < -0.4 is 10.9 Å². The molecule has 1 N–H and O–H groups in total. The Morgan fingerprint density at radius 2 is 1.60 bits per heavy atom. The van der Waals surface area contributed by atoms with Crippen molar-refractivity contribution in [2.45, 2.75) is 39.8 Å². The highest BCUT2D eigenvalue weighted by Gasteiger charge is 2.16. The molecule has 4 heterocycles. The number of nitrogens with zero attached hydrogens (tertiary/aromatic N) is 6. The Balaban J connectivity index is 0.000000870. The van der Waals surface area contributed by atoms with Crippen LogP contribution in [0.3, 0.4) is 0 Å². The molecule has 0 aliphatic carbocycles. The van der Waals surface area contributed by atoms with Crippen LogP contribution in [0.1, 0.15) is 38.8 Å². The van der Waals surface area contributed by atoms with E-state index in [2.05, 4.69) is 43.7 Å². The third kappa shape index (κ3) is 9.23. The number of hydrogen-bond donors (Lipinski definition) is 1. The lowest BCUT2D eigenvalue weighted by atomic mass is 10.1. The van der Waals surface area contributed by atoms with Gasteiger partial charge in [-0.3, -0.25) is 9.48 Å². The van der Waals surface area contributed by atoms with Gasteiger partial charge >= 0.3 is 0 Å². The summed E-state index contributed by atoms with van der Waals surface area (Å²) in [5, 5.41) is 12.3. The average Bonchev–Trinajstić information content (AvgIpc) is 3.54. The van der Waals surface area contributed by atoms with Crippen molar-refractivity contribution in [2.24, 2.45) is 0 Å². The molecular weight excluding hydrogens is 596 g/mol. The first kappa shape index (κ1) is 34.9. The Morgan fingerprint density at radius 1 is 0.933 bits per heavy atom. The summed E-state index contributed by atoms with van der Waals surface area (Å²) in [7, 11) is 0. The largest absolute Gasteiger partial charge is 0.317 e. The highest BCUT2D eigenvalue weighted by atomic mass is 35.5. The second-order valence-electron chi connectivity index (χ2n) is 9.97. The maximum Gasteiger partial charge on any atom is 0.267 e. The molecule has 5 aromatic rings. The summed E-state index contributed by atoms with van der Waals surface area (Å²) < 4.78 is 30.7. The molecule has 0 amide bonds. The molecule has 3 aromatic heterocycles. The quantitative estimate of drug-likeness (QED) is 0.158. The molecule has 0 unspecified atom stereocenters. The molecule has 0 radical (unpaired) electrons. The molecule has 6 rings (SSSR count). The van der Waals surface area contributed by atoms with Crippen LogP contribution in [0.15, 0.2) is 96.8 Å². The van der Waals surface area contributed by atoms with E-state index >= 15 is 0 Å². The number of hydrogen-bond acceptors (Lipinski definition) is 6. The average molecular weight is 634 g/mol. The minimum absolute atomic E-state index is 0. The summed E-state index contributed by atoms with van der Waals surface area (Å²) in [6.07, 6.45) is 12.8. The maximum absolute atomic E-state index is 13.7. The molecule has 8 nitrogen and oxygen atoms in total. The third-order valence-corrected chi connectivity index (χ3v) is 6.81. The lowest BCUT2D eigenvalue weighted by molar-refractivity contribution is 0.343. The van der Waals surface area contributed by atoms with Crippen molar-refractivity contribution in [1.29, 1.82) is 0 Å². The molecule has 236 valence electrons. The van der Waals surface area contributed by atoms with E-state index in [1.165, 1.54) is 35.3 Å². The van der Waals surface area contributed by atoms with E-state index < -0.39 is 11.6 Å². The number of alkyl halides is 1. The maximum atomic E-state index is 13.7. The molecule has 1 aliphatic heterocycles. The Bertz CT molecular complexity index is 1710. The molecule has 1 fully saturated rings. The van der Waals surface area contributed by atoms with Gasteiger partial charge in [-0.25, -0.2) is 23.4 Å². The third-order valence-electron chi connectivity index (χ3n) is 6.81. The summed E-state index contributed by atoms with van der Waals surface area (Å²) >= 11 is 4.64. The van der Waals surface area contributed by atoms with Crippen molar-refractivity contribution in [3.63, 3.8) is 0 Å². The standard InChI is InChI=1S/C29H25F2N7O.C3H6.CH3Cl.CH4/c30-24-11-21(12-25(31)13-24)27-4-5-28(39)38(36-27)17-19-2-1-3-20(10-19)29-33-14-22(15-34-29)23-16-35-37(18-23)26-6-8-32-9-7-26;1-3-2;1-2;/h1-5,10-16,18,26,32H,6-9,17H2;3H,1H2,2H3;1H3;1H4. The Morgan fingerprint density at radius 3 is 2.27 bits per heavy atom. The first-order valence-corrected chi connectivity index (χ1v) is 14.8. The van der Waals surface area contributed by atoms with Crippen LogP contribution in [-0.4, -0.2) is 49.0 Å². The van der Waals surface area contributed by atoms with Crippen molar-refractivity contribution in [2.75, 3.05) is 19.5 Å². The van der Waals surface area contributed by atoms with Gasteiger partial charge in [0.05, 0.1) is 24.5 Å². The number of nitrogens with one attached hydrogen (secondary N) is 1. The van der Waals surface area contributed by atoms with E-state index in [1.807, 2.05) is 48.3 Å². The van der Waals surface area contributed by atoms with Crippen LogP contribution in [-0.2, 0) is 6.54 Å². The number of piperidine rings is 1. The molecule has 45 heavy (non-hydrogen) atoms. The lowest BCUT2D eigenvalue weighted by Crippen LogP contribution is -2.29. The summed E-state index contributed by atoms with van der Waals surface area (Å²) in [6.45, 7) is 7.42. The van der Waals surface area contributed by atoms with Crippen molar-refractivity contribution >= 4 is 11.6 Å². The van der Waals surface area contributed by atoms with Crippen LogP contribution in [0.4, 0.5) is 8.78 Å². The van der Waals surface area contributed by atoms with E-state index in [4.69, 9.17) is 0 Å². The van der Waals surface area contributed by atoms with Crippen LogP contribution >= 0.6 is 11.6 Å². The fourth-order valence-electron chi connectivity index (χ4n) is 4.78. The Labute approximate surface area is 267 Å². The van der Waals surface area contributed by atoms with E-state index in [1.54, 1.807) is 18.5 Å². The second kappa shape index (κ2) is 17.1. The first-order chi connectivity index (χ1) is 21.4. The van der Waals surface area contributed by atoms with Gasteiger partial charge < -0.3 is 5.32 Å². The number of aromatic nitrogens is 6. The molecule has 2 aromatic carbocycles. The predicted octanol–water partition coefficient (Wildman–Crippen LogP) is 7.17. The van der Waals surface area contributed by atoms with Crippen molar-refractivity contribution in [1.82, 2.24) is 34.8 Å². The van der Waals surface area contributed by atoms with Gasteiger partial charge in [-0.15, -0.1) is 18.2 Å². The van der Waals surface area contributed by atoms with Gasteiger partial charge in [0.15, 0.2) is 5.82 Å². The smallest absolute Gasteiger partial charge is 0.267 e. The van der Waals surface area contributed by atoms with Gasteiger partial charge in [0.2, 0.25) is 0 Å². The zero-order valence-electron chi connectivity index (χ0n) is 24.6. The van der Waals surface area contributed by atoms with Gasteiger partial charge in [0.1, 0.15) is 11.6 Å². The molecule has 1 saturated heterocycles. The number of allylic oxidation sites excluding steroid dienone is 1. The SMILES string of the molecule is C.C=CC.CCl.O=c1ccc(-c2cc(F)cc(F)c2)nn1Cc1cccc(-c2ncc(-c3cnn(C4CCNCC4)c3)cn2)c1. The first-order valence-electron chi connectivity index (χ1n) is 14.1. The highest BCUT2D eigenvalue weighted by Crippen LogP contribution is 2.24. The van der Waals surface area contributed by atoms with Crippen LogP contribution in [0, 0.1) is 11.6 Å².